The molecule has 0 saturated carbocycles. The summed E-state index contributed by atoms with van der Waals surface area (Å²) in [6.07, 6.45) is 3.02. The fraction of sp³-hybridized carbons (Fsp3) is 0.571. The van der Waals surface area contributed by atoms with Crippen LogP contribution in [0.1, 0.15) is 25.3 Å². The van der Waals surface area contributed by atoms with E-state index < -0.39 is 0 Å². The number of ether oxygens (including phenoxy) is 1. The van der Waals surface area contributed by atoms with Gasteiger partial charge in [-0.1, -0.05) is 12.1 Å². The first kappa shape index (κ1) is 12.5. The van der Waals surface area contributed by atoms with Gasteiger partial charge < -0.3 is 10.1 Å². The van der Waals surface area contributed by atoms with Crippen molar-refractivity contribution in [2.24, 2.45) is 0 Å². The highest BCUT2D eigenvalue weighted by atomic mass is 19.1. The van der Waals surface area contributed by atoms with Crippen LogP contribution in [0.3, 0.4) is 0 Å². The second kappa shape index (κ2) is 6.12. The van der Waals surface area contributed by atoms with Crippen LogP contribution in [-0.4, -0.2) is 25.3 Å². The van der Waals surface area contributed by atoms with Crippen LogP contribution >= 0.6 is 0 Å². The molecular formula is C14H20FNO. The van der Waals surface area contributed by atoms with Gasteiger partial charge in [0.1, 0.15) is 5.82 Å². The average molecular weight is 237 g/mol. The van der Waals surface area contributed by atoms with Gasteiger partial charge in [-0.2, -0.15) is 0 Å². The van der Waals surface area contributed by atoms with Crippen molar-refractivity contribution < 1.29 is 9.13 Å². The van der Waals surface area contributed by atoms with E-state index in [1.54, 1.807) is 12.1 Å². The molecule has 3 heteroatoms. The molecule has 1 atom stereocenters. The molecule has 1 unspecified atom stereocenters. The third-order valence-corrected chi connectivity index (χ3v) is 3.17. The molecule has 2 rings (SSSR count). The molecule has 1 heterocycles. The Labute approximate surface area is 102 Å². The fourth-order valence-electron chi connectivity index (χ4n) is 2.34. The predicted octanol–water partition coefficient (Wildman–Crippen LogP) is 2.53. The number of rotatable bonds is 4. The number of hydrogen-bond acceptors (Lipinski definition) is 2. The number of nitrogens with one attached hydrogen (secondary N) is 1. The standard InChI is InChI=1S/C14H20FNO/c1-11(16-14-5-7-17-8-6-14)9-12-3-2-4-13(15)10-12/h2-4,10-11,14,16H,5-9H2,1H3. The van der Waals surface area contributed by atoms with Crippen molar-refractivity contribution in [2.75, 3.05) is 13.2 Å². The zero-order valence-corrected chi connectivity index (χ0v) is 10.3. The van der Waals surface area contributed by atoms with Crippen molar-refractivity contribution in [3.05, 3.63) is 35.6 Å². The summed E-state index contributed by atoms with van der Waals surface area (Å²) in [6.45, 7) is 3.86. The van der Waals surface area contributed by atoms with E-state index in [0.717, 1.165) is 38.0 Å². The lowest BCUT2D eigenvalue weighted by molar-refractivity contribution is 0.0755. The second-order valence-electron chi connectivity index (χ2n) is 4.79. The van der Waals surface area contributed by atoms with Crippen LogP contribution < -0.4 is 5.32 Å². The molecule has 0 amide bonds. The van der Waals surface area contributed by atoms with E-state index >= 15 is 0 Å². The summed E-state index contributed by atoms with van der Waals surface area (Å²) in [4.78, 5) is 0. The van der Waals surface area contributed by atoms with E-state index in [1.165, 1.54) is 6.07 Å². The monoisotopic (exact) mass is 237 g/mol. The Hall–Kier alpha value is -0.930. The Morgan fingerprint density at radius 1 is 1.41 bits per heavy atom. The quantitative estimate of drug-likeness (QED) is 0.869. The van der Waals surface area contributed by atoms with E-state index in [-0.39, 0.29) is 5.82 Å². The minimum absolute atomic E-state index is 0.152. The Bertz CT molecular complexity index is 350. The van der Waals surface area contributed by atoms with E-state index in [0.29, 0.717) is 12.1 Å². The van der Waals surface area contributed by atoms with Gasteiger partial charge in [-0.15, -0.1) is 0 Å². The normalized spacial score (nSPS) is 19.2. The lowest BCUT2D eigenvalue weighted by Crippen LogP contribution is -2.41. The van der Waals surface area contributed by atoms with Gasteiger partial charge in [0.05, 0.1) is 0 Å². The molecule has 0 bridgehead atoms. The molecule has 94 valence electrons. The van der Waals surface area contributed by atoms with Crippen LogP contribution in [0.4, 0.5) is 4.39 Å². The minimum Gasteiger partial charge on any atom is -0.381 e. The van der Waals surface area contributed by atoms with Gasteiger partial charge in [0, 0.05) is 25.3 Å². The summed E-state index contributed by atoms with van der Waals surface area (Å²) in [5.41, 5.74) is 1.05. The summed E-state index contributed by atoms with van der Waals surface area (Å²) in [6, 6.07) is 7.77. The lowest BCUT2D eigenvalue weighted by atomic mass is 10.0. The maximum absolute atomic E-state index is 13.0. The summed E-state index contributed by atoms with van der Waals surface area (Å²) >= 11 is 0. The molecule has 1 aromatic rings. The molecule has 0 spiro atoms. The molecule has 0 radical (unpaired) electrons. The van der Waals surface area contributed by atoms with Gasteiger partial charge in [-0.05, 0) is 43.9 Å². The van der Waals surface area contributed by atoms with Gasteiger partial charge in [-0.25, -0.2) is 4.39 Å². The Morgan fingerprint density at radius 3 is 2.88 bits per heavy atom. The predicted molar refractivity (Wildman–Crippen MR) is 66.5 cm³/mol. The fourth-order valence-corrected chi connectivity index (χ4v) is 2.34. The third-order valence-electron chi connectivity index (χ3n) is 3.17. The van der Waals surface area contributed by atoms with Crippen LogP contribution in [0.25, 0.3) is 0 Å². The zero-order chi connectivity index (χ0) is 12.1. The topological polar surface area (TPSA) is 21.3 Å². The number of halogens is 1. The molecule has 1 saturated heterocycles. The molecule has 1 N–H and O–H groups in total. The summed E-state index contributed by atoms with van der Waals surface area (Å²) in [5.74, 6) is -0.152. The van der Waals surface area contributed by atoms with Gasteiger partial charge in [0.25, 0.3) is 0 Å². The Kier molecular flexibility index (Phi) is 4.51. The van der Waals surface area contributed by atoms with Crippen LogP contribution in [0, 0.1) is 5.82 Å². The summed E-state index contributed by atoms with van der Waals surface area (Å²) < 4.78 is 18.4. The van der Waals surface area contributed by atoms with E-state index in [4.69, 9.17) is 4.74 Å². The van der Waals surface area contributed by atoms with Crippen molar-refractivity contribution >= 4 is 0 Å². The number of hydrogen-bond donors (Lipinski definition) is 1. The highest BCUT2D eigenvalue weighted by Crippen LogP contribution is 2.10. The highest BCUT2D eigenvalue weighted by Gasteiger charge is 2.15. The zero-order valence-electron chi connectivity index (χ0n) is 10.3. The molecule has 0 aromatic heterocycles. The second-order valence-corrected chi connectivity index (χ2v) is 4.79. The molecule has 1 aliphatic rings. The molecule has 0 aliphatic carbocycles. The van der Waals surface area contributed by atoms with Crippen molar-refractivity contribution in [3.63, 3.8) is 0 Å². The molecule has 1 aromatic carbocycles. The van der Waals surface area contributed by atoms with Crippen molar-refractivity contribution in [1.82, 2.24) is 5.32 Å². The first-order valence-corrected chi connectivity index (χ1v) is 6.32. The first-order valence-electron chi connectivity index (χ1n) is 6.32. The van der Waals surface area contributed by atoms with E-state index in [1.807, 2.05) is 6.07 Å². The van der Waals surface area contributed by atoms with Crippen molar-refractivity contribution in [3.8, 4) is 0 Å². The Morgan fingerprint density at radius 2 is 2.18 bits per heavy atom. The first-order chi connectivity index (χ1) is 8.24. The Balaban J connectivity index is 1.82. The molecular weight excluding hydrogens is 217 g/mol. The summed E-state index contributed by atoms with van der Waals surface area (Å²) in [7, 11) is 0. The van der Waals surface area contributed by atoms with Crippen LogP contribution in [-0.2, 0) is 11.2 Å². The average Bonchev–Trinajstić information content (AvgIpc) is 2.30. The van der Waals surface area contributed by atoms with Gasteiger partial charge in [0.15, 0.2) is 0 Å². The lowest BCUT2D eigenvalue weighted by Gasteiger charge is -2.26. The van der Waals surface area contributed by atoms with Gasteiger partial charge in [0.2, 0.25) is 0 Å². The van der Waals surface area contributed by atoms with Gasteiger partial charge >= 0.3 is 0 Å². The molecule has 17 heavy (non-hydrogen) atoms. The van der Waals surface area contributed by atoms with Gasteiger partial charge in [-0.3, -0.25) is 0 Å². The molecule has 2 nitrogen and oxygen atoms in total. The molecule has 1 aliphatic heterocycles. The number of benzene rings is 1. The van der Waals surface area contributed by atoms with Crippen LogP contribution in [0.2, 0.25) is 0 Å². The SMILES string of the molecule is CC(Cc1cccc(F)c1)NC1CCOCC1. The van der Waals surface area contributed by atoms with E-state index in [9.17, 15) is 4.39 Å². The van der Waals surface area contributed by atoms with Crippen LogP contribution in [0.5, 0.6) is 0 Å². The smallest absolute Gasteiger partial charge is 0.123 e. The minimum atomic E-state index is -0.152. The van der Waals surface area contributed by atoms with E-state index in [2.05, 4.69) is 12.2 Å². The maximum Gasteiger partial charge on any atom is 0.123 e. The third kappa shape index (κ3) is 4.10. The van der Waals surface area contributed by atoms with Crippen molar-refractivity contribution in [2.45, 2.75) is 38.3 Å². The highest BCUT2D eigenvalue weighted by molar-refractivity contribution is 5.17. The largest absolute Gasteiger partial charge is 0.381 e. The maximum atomic E-state index is 13.0. The van der Waals surface area contributed by atoms with Crippen LogP contribution in [0.15, 0.2) is 24.3 Å². The summed E-state index contributed by atoms with van der Waals surface area (Å²) in [5, 5.41) is 3.58. The van der Waals surface area contributed by atoms with Crippen molar-refractivity contribution in [1.29, 1.82) is 0 Å². The molecule has 1 fully saturated rings.